The van der Waals surface area contributed by atoms with Crippen molar-refractivity contribution in [1.29, 1.82) is 0 Å². The Morgan fingerprint density at radius 2 is 1.92 bits per heavy atom. The number of rotatable bonds is 1. The van der Waals surface area contributed by atoms with Gasteiger partial charge >= 0.3 is 6.18 Å². The lowest BCUT2D eigenvalue weighted by Gasteiger charge is -2.06. The lowest BCUT2D eigenvalue weighted by Crippen LogP contribution is -2.10. The summed E-state index contributed by atoms with van der Waals surface area (Å²) in [5.74, 6) is -0.593. The Kier molecular flexibility index (Phi) is 3.62. The van der Waals surface area contributed by atoms with Crippen molar-refractivity contribution in [2.75, 3.05) is 0 Å². The van der Waals surface area contributed by atoms with Gasteiger partial charge in [0, 0.05) is 23.9 Å². The van der Waals surface area contributed by atoms with Crippen LogP contribution in [0.15, 0.2) is 45.8 Å². The molecule has 0 aliphatic heterocycles. The van der Waals surface area contributed by atoms with Crippen molar-refractivity contribution in [2.24, 2.45) is 0 Å². The zero-order valence-electron chi connectivity index (χ0n) is 12.6. The SMILES string of the molecule is O=c1[nH]c2cc(-c3ccnc(C(F)(F)F)c3)nn2c2cc(F)c(Br)cc12. The van der Waals surface area contributed by atoms with Crippen LogP contribution < -0.4 is 5.56 Å². The highest BCUT2D eigenvalue weighted by molar-refractivity contribution is 9.10. The first kappa shape index (κ1) is 16.7. The van der Waals surface area contributed by atoms with Gasteiger partial charge < -0.3 is 4.98 Å². The number of hydrogen-bond acceptors (Lipinski definition) is 3. The number of aromatic amines is 1. The number of nitrogens with zero attached hydrogens (tertiary/aromatic N) is 3. The minimum Gasteiger partial charge on any atom is -0.306 e. The van der Waals surface area contributed by atoms with Crippen molar-refractivity contribution >= 4 is 32.5 Å². The van der Waals surface area contributed by atoms with Gasteiger partial charge in [-0.05, 0) is 34.1 Å². The molecule has 4 aromatic rings. The summed E-state index contributed by atoms with van der Waals surface area (Å²) in [7, 11) is 0. The lowest BCUT2D eigenvalue weighted by molar-refractivity contribution is -0.141. The smallest absolute Gasteiger partial charge is 0.306 e. The highest BCUT2D eigenvalue weighted by atomic mass is 79.9. The quantitative estimate of drug-likeness (QED) is 0.465. The predicted octanol–water partition coefficient (Wildman–Crippen LogP) is 4.16. The van der Waals surface area contributed by atoms with Gasteiger partial charge in [0.15, 0.2) is 0 Å². The van der Waals surface area contributed by atoms with Gasteiger partial charge in [-0.1, -0.05) is 0 Å². The number of aromatic nitrogens is 4. The number of benzene rings is 1. The molecule has 0 aliphatic carbocycles. The van der Waals surface area contributed by atoms with E-state index in [0.29, 0.717) is 0 Å². The second-order valence-electron chi connectivity index (χ2n) is 5.49. The highest BCUT2D eigenvalue weighted by Crippen LogP contribution is 2.30. The fourth-order valence-corrected chi connectivity index (χ4v) is 2.96. The highest BCUT2D eigenvalue weighted by Gasteiger charge is 2.32. The average molecular weight is 427 g/mol. The number of fused-ring (bicyclic) bond motifs is 3. The van der Waals surface area contributed by atoms with Crippen LogP contribution >= 0.6 is 15.9 Å². The molecule has 10 heteroatoms. The number of halogens is 5. The number of alkyl halides is 3. The topological polar surface area (TPSA) is 63.0 Å². The maximum atomic E-state index is 13.9. The molecular weight excluding hydrogens is 420 g/mol. The van der Waals surface area contributed by atoms with Crippen LogP contribution in [-0.2, 0) is 6.18 Å². The van der Waals surface area contributed by atoms with Crippen LogP contribution in [0.4, 0.5) is 17.6 Å². The third-order valence-electron chi connectivity index (χ3n) is 3.81. The third-order valence-corrected chi connectivity index (χ3v) is 4.42. The van der Waals surface area contributed by atoms with Crippen LogP contribution in [0.3, 0.4) is 0 Å². The Labute approximate surface area is 150 Å². The number of pyridine rings is 1. The molecule has 4 rings (SSSR count). The number of H-pyrrole nitrogens is 1. The summed E-state index contributed by atoms with van der Waals surface area (Å²) in [4.78, 5) is 18.1. The summed E-state index contributed by atoms with van der Waals surface area (Å²) in [6.45, 7) is 0. The standard InChI is InChI=1S/C16H7BrF4N4O/c17-9-4-8-12(5-10(9)18)25-14(23-15(8)26)6-11(24-25)7-1-2-22-13(3-7)16(19,20)21/h1-6H,(H,23,26). The maximum absolute atomic E-state index is 13.9. The summed E-state index contributed by atoms with van der Waals surface area (Å²) in [6.07, 6.45) is -3.56. The van der Waals surface area contributed by atoms with Gasteiger partial charge in [0.25, 0.3) is 5.56 Å². The van der Waals surface area contributed by atoms with Crippen LogP contribution in [0, 0.1) is 5.82 Å². The summed E-state index contributed by atoms with van der Waals surface area (Å²) in [5, 5.41) is 4.40. The lowest BCUT2D eigenvalue weighted by atomic mass is 10.1. The Morgan fingerprint density at radius 3 is 2.65 bits per heavy atom. The second kappa shape index (κ2) is 5.63. The molecule has 5 nitrogen and oxygen atoms in total. The molecule has 0 bridgehead atoms. The Bertz CT molecular complexity index is 1230. The molecule has 0 aliphatic rings. The molecule has 26 heavy (non-hydrogen) atoms. The van der Waals surface area contributed by atoms with Gasteiger partial charge in [0.1, 0.15) is 17.2 Å². The van der Waals surface area contributed by atoms with Gasteiger partial charge in [-0.3, -0.25) is 9.78 Å². The minimum atomic E-state index is -4.59. The van der Waals surface area contributed by atoms with E-state index in [-0.39, 0.29) is 32.3 Å². The maximum Gasteiger partial charge on any atom is 0.433 e. The first-order valence-corrected chi connectivity index (χ1v) is 7.98. The molecule has 0 spiro atoms. The molecule has 3 heterocycles. The van der Waals surface area contributed by atoms with Gasteiger partial charge in [-0.15, -0.1) is 0 Å². The summed E-state index contributed by atoms with van der Waals surface area (Å²) in [6, 6.07) is 6.09. The summed E-state index contributed by atoms with van der Waals surface area (Å²) < 4.78 is 53.8. The first-order chi connectivity index (χ1) is 12.2. The van der Waals surface area contributed by atoms with Gasteiger partial charge in [0.2, 0.25) is 0 Å². The predicted molar refractivity (Wildman–Crippen MR) is 89.2 cm³/mol. The molecule has 0 saturated carbocycles. The zero-order chi connectivity index (χ0) is 18.6. The molecule has 1 aromatic carbocycles. The molecular formula is C16H7BrF4N4O. The van der Waals surface area contributed by atoms with E-state index >= 15 is 0 Å². The number of hydrogen-bond donors (Lipinski definition) is 1. The van der Waals surface area contributed by atoms with E-state index < -0.39 is 23.2 Å². The van der Waals surface area contributed by atoms with Crippen molar-refractivity contribution < 1.29 is 17.6 Å². The molecule has 0 unspecified atom stereocenters. The van der Waals surface area contributed by atoms with Crippen molar-refractivity contribution in [3.05, 3.63) is 62.9 Å². The summed E-state index contributed by atoms with van der Waals surface area (Å²) >= 11 is 3.01. The molecule has 0 fully saturated rings. The largest absolute Gasteiger partial charge is 0.433 e. The van der Waals surface area contributed by atoms with Crippen molar-refractivity contribution in [3.63, 3.8) is 0 Å². The minimum absolute atomic E-state index is 0.117. The van der Waals surface area contributed by atoms with Gasteiger partial charge in [-0.25, -0.2) is 8.91 Å². The monoisotopic (exact) mass is 426 g/mol. The Hall–Kier alpha value is -2.75. The third kappa shape index (κ3) is 2.66. The van der Waals surface area contributed by atoms with E-state index in [1.165, 1.54) is 22.7 Å². The second-order valence-corrected chi connectivity index (χ2v) is 6.35. The van der Waals surface area contributed by atoms with Crippen LogP contribution in [0.25, 0.3) is 27.8 Å². The average Bonchev–Trinajstić information content (AvgIpc) is 3.00. The fourth-order valence-electron chi connectivity index (χ4n) is 2.62. The molecule has 3 aromatic heterocycles. The normalized spacial score (nSPS) is 12.2. The van der Waals surface area contributed by atoms with Crippen LogP contribution in [0.1, 0.15) is 5.69 Å². The van der Waals surface area contributed by atoms with E-state index in [1.807, 2.05) is 0 Å². The first-order valence-electron chi connectivity index (χ1n) is 7.18. The van der Waals surface area contributed by atoms with Gasteiger partial charge in [-0.2, -0.15) is 18.3 Å². The van der Waals surface area contributed by atoms with Crippen molar-refractivity contribution in [2.45, 2.75) is 6.18 Å². The molecule has 0 amide bonds. The van der Waals surface area contributed by atoms with Crippen molar-refractivity contribution in [3.8, 4) is 11.3 Å². The Balaban J connectivity index is 1.98. The van der Waals surface area contributed by atoms with Crippen LogP contribution in [-0.4, -0.2) is 19.6 Å². The van der Waals surface area contributed by atoms with E-state index in [4.69, 9.17) is 0 Å². The molecule has 1 N–H and O–H groups in total. The molecule has 132 valence electrons. The summed E-state index contributed by atoms with van der Waals surface area (Å²) in [5.41, 5.74) is -0.747. The zero-order valence-corrected chi connectivity index (χ0v) is 14.2. The fraction of sp³-hybridized carbons (Fsp3) is 0.0625. The number of nitrogens with one attached hydrogen (secondary N) is 1. The molecule has 0 radical (unpaired) electrons. The van der Waals surface area contributed by atoms with E-state index in [1.54, 1.807) is 0 Å². The molecule has 0 saturated heterocycles. The van der Waals surface area contributed by atoms with Gasteiger partial charge in [0.05, 0.1) is 21.1 Å². The molecule has 0 atom stereocenters. The Morgan fingerprint density at radius 1 is 1.15 bits per heavy atom. The van der Waals surface area contributed by atoms with E-state index in [0.717, 1.165) is 18.3 Å². The van der Waals surface area contributed by atoms with Crippen LogP contribution in [0.2, 0.25) is 0 Å². The van der Waals surface area contributed by atoms with E-state index in [9.17, 15) is 22.4 Å². The van der Waals surface area contributed by atoms with E-state index in [2.05, 4.69) is 31.0 Å². The van der Waals surface area contributed by atoms with Crippen LogP contribution in [0.5, 0.6) is 0 Å². The van der Waals surface area contributed by atoms with Crippen molar-refractivity contribution in [1.82, 2.24) is 19.6 Å².